The summed E-state index contributed by atoms with van der Waals surface area (Å²) in [6, 6.07) is 10.2. The largest absolute Gasteiger partial charge is 0.459 e. The van der Waals surface area contributed by atoms with Gasteiger partial charge in [-0.3, -0.25) is 14.4 Å². The molecule has 1 aliphatic rings. The Labute approximate surface area is 183 Å². The molecule has 7 nitrogen and oxygen atoms in total. The molecule has 2 amide bonds. The van der Waals surface area contributed by atoms with Gasteiger partial charge in [-0.15, -0.1) is 11.3 Å². The molecule has 2 heterocycles. The zero-order valence-corrected chi connectivity index (χ0v) is 17.9. The fourth-order valence-electron chi connectivity index (χ4n) is 3.72. The number of anilines is 1. The molecular weight excluding hydrogens is 414 g/mol. The summed E-state index contributed by atoms with van der Waals surface area (Å²) < 4.78 is 5.15. The number of nitrogens with two attached hydrogens (primary N) is 1. The first kappa shape index (κ1) is 20.9. The van der Waals surface area contributed by atoms with E-state index in [4.69, 9.17) is 10.2 Å². The number of aryl methyl sites for hydroxylation is 2. The lowest BCUT2D eigenvalue weighted by atomic mass is 9.95. The molecule has 3 aromatic rings. The lowest BCUT2D eigenvalue weighted by Crippen LogP contribution is -2.46. The fraction of sp³-hybridized carbons (Fsp3) is 0.261. The number of Topliss-reactive ketones (excluding diaryl/α,β-unsaturated/α-hetero) is 1. The van der Waals surface area contributed by atoms with Gasteiger partial charge in [0.05, 0.1) is 11.8 Å². The van der Waals surface area contributed by atoms with Crippen molar-refractivity contribution in [2.75, 3.05) is 5.32 Å². The van der Waals surface area contributed by atoms with Gasteiger partial charge in [-0.05, 0) is 50.3 Å². The Hall–Kier alpha value is -3.39. The van der Waals surface area contributed by atoms with Gasteiger partial charge in [0, 0.05) is 10.4 Å². The van der Waals surface area contributed by atoms with Crippen LogP contribution in [0.25, 0.3) is 0 Å². The number of benzene rings is 1. The maximum Gasteiger partial charge on any atom is 0.288 e. The van der Waals surface area contributed by atoms with E-state index >= 15 is 0 Å². The summed E-state index contributed by atoms with van der Waals surface area (Å²) in [7, 11) is 0. The first-order valence-corrected chi connectivity index (χ1v) is 10.9. The predicted octanol–water partition coefficient (Wildman–Crippen LogP) is 3.68. The molecular formula is C23H23N3O4S. The predicted molar refractivity (Wildman–Crippen MR) is 119 cm³/mol. The number of furan rings is 1. The number of rotatable bonds is 7. The van der Waals surface area contributed by atoms with Gasteiger partial charge in [0.2, 0.25) is 5.78 Å². The third-order valence-corrected chi connectivity index (χ3v) is 6.53. The number of carbonyl (C=O) groups excluding carboxylic acids is 3. The highest BCUT2D eigenvalue weighted by molar-refractivity contribution is 7.16. The monoisotopic (exact) mass is 437 g/mol. The molecule has 2 aromatic heterocycles. The minimum atomic E-state index is -1.10. The van der Waals surface area contributed by atoms with Crippen LogP contribution in [0, 0.1) is 6.92 Å². The van der Waals surface area contributed by atoms with Gasteiger partial charge < -0.3 is 20.8 Å². The average Bonchev–Trinajstić information content (AvgIpc) is 3.41. The van der Waals surface area contributed by atoms with Crippen LogP contribution >= 0.6 is 11.3 Å². The summed E-state index contributed by atoms with van der Waals surface area (Å²) in [5, 5.41) is 6.28. The number of primary amides is 1. The minimum Gasteiger partial charge on any atom is -0.459 e. The maximum absolute atomic E-state index is 13.3. The second-order valence-electron chi connectivity index (χ2n) is 7.54. The van der Waals surface area contributed by atoms with E-state index in [1.165, 1.54) is 23.7 Å². The molecule has 0 saturated heterocycles. The molecule has 0 fully saturated rings. The molecule has 31 heavy (non-hydrogen) atoms. The SMILES string of the molecule is Cc1ccc(C(=O)[C@H](NC(=O)c2ccco2)Nc2sc3c(c2C(N)=O)CCCC3)cc1. The van der Waals surface area contributed by atoms with Gasteiger partial charge in [0.15, 0.2) is 11.9 Å². The Morgan fingerprint density at radius 3 is 2.52 bits per heavy atom. The van der Waals surface area contributed by atoms with Crippen molar-refractivity contribution >= 4 is 33.9 Å². The Balaban J connectivity index is 1.68. The van der Waals surface area contributed by atoms with Gasteiger partial charge in [-0.2, -0.15) is 0 Å². The van der Waals surface area contributed by atoms with E-state index in [1.807, 2.05) is 19.1 Å². The highest BCUT2D eigenvalue weighted by Crippen LogP contribution is 2.38. The molecule has 1 atom stereocenters. The molecule has 0 spiro atoms. The van der Waals surface area contributed by atoms with E-state index in [-0.39, 0.29) is 11.5 Å². The summed E-state index contributed by atoms with van der Waals surface area (Å²) in [6.07, 6.45) is 3.98. The van der Waals surface area contributed by atoms with Crippen molar-refractivity contribution in [3.05, 3.63) is 75.6 Å². The number of hydrogen-bond acceptors (Lipinski definition) is 6. The molecule has 0 saturated carbocycles. The zero-order valence-electron chi connectivity index (χ0n) is 17.1. The van der Waals surface area contributed by atoms with E-state index in [9.17, 15) is 14.4 Å². The van der Waals surface area contributed by atoms with Crippen LogP contribution in [-0.4, -0.2) is 23.8 Å². The summed E-state index contributed by atoms with van der Waals surface area (Å²) in [4.78, 5) is 39.2. The quantitative estimate of drug-likeness (QED) is 0.385. The van der Waals surface area contributed by atoms with Crippen molar-refractivity contribution in [3.8, 4) is 0 Å². The summed E-state index contributed by atoms with van der Waals surface area (Å²) in [6.45, 7) is 1.93. The van der Waals surface area contributed by atoms with E-state index in [0.717, 1.165) is 41.7 Å². The van der Waals surface area contributed by atoms with Crippen LogP contribution in [0.3, 0.4) is 0 Å². The summed E-state index contributed by atoms with van der Waals surface area (Å²) in [5.41, 5.74) is 8.49. The number of hydrogen-bond donors (Lipinski definition) is 3. The maximum atomic E-state index is 13.3. The number of carbonyl (C=O) groups is 3. The average molecular weight is 438 g/mol. The van der Waals surface area contributed by atoms with Crippen LogP contribution in [0.15, 0.2) is 47.1 Å². The lowest BCUT2D eigenvalue weighted by molar-refractivity contribution is 0.0853. The molecule has 0 unspecified atom stereocenters. The lowest BCUT2D eigenvalue weighted by Gasteiger charge is -2.20. The third kappa shape index (κ3) is 4.39. The van der Waals surface area contributed by atoms with Crippen molar-refractivity contribution in [3.63, 3.8) is 0 Å². The van der Waals surface area contributed by atoms with Gasteiger partial charge in [0.1, 0.15) is 5.00 Å². The highest BCUT2D eigenvalue weighted by Gasteiger charge is 2.29. The molecule has 4 rings (SSSR count). The normalized spacial score (nSPS) is 13.8. The molecule has 0 radical (unpaired) electrons. The number of fused-ring (bicyclic) bond motifs is 1. The molecule has 0 bridgehead atoms. The van der Waals surface area contributed by atoms with E-state index < -0.39 is 18.0 Å². The molecule has 160 valence electrons. The van der Waals surface area contributed by atoms with Crippen LogP contribution in [0.5, 0.6) is 0 Å². The van der Waals surface area contributed by atoms with Gasteiger partial charge >= 0.3 is 0 Å². The second kappa shape index (κ2) is 8.77. The zero-order chi connectivity index (χ0) is 22.0. The van der Waals surface area contributed by atoms with Crippen LogP contribution < -0.4 is 16.4 Å². The second-order valence-corrected chi connectivity index (χ2v) is 8.64. The van der Waals surface area contributed by atoms with Crippen molar-refractivity contribution in [1.29, 1.82) is 0 Å². The van der Waals surface area contributed by atoms with Crippen molar-refractivity contribution in [2.45, 2.75) is 38.8 Å². The standard InChI is InChI=1S/C23H23N3O4S/c1-13-8-10-14(11-9-13)19(27)21(25-22(29)16-6-4-12-30-16)26-23-18(20(24)28)15-5-2-3-7-17(15)31-23/h4,6,8-12,21,26H,2-3,5,7H2,1H3,(H2,24,28)(H,25,29)/t21-/m1/s1. The van der Waals surface area contributed by atoms with Gasteiger partial charge in [0.25, 0.3) is 11.8 Å². The van der Waals surface area contributed by atoms with E-state index in [2.05, 4.69) is 10.6 Å². The first-order chi connectivity index (χ1) is 14.9. The van der Waals surface area contributed by atoms with E-state index in [1.54, 1.807) is 18.2 Å². The molecule has 0 aliphatic heterocycles. The number of ketones is 1. The van der Waals surface area contributed by atoms with Gasteiger partial charge in [-0.25, -0.2) is 0 Å². The smallest absolute Gasteiger partial charge is 0.288 e. The third-order valence-electron chi connectivity index (χ3n) is 5.31. The fourth-order valence-corrected chi connectivity index (χ4v) is 5.04. The number of thiophene rings is 1. The van der Waals surface area contributed by atoms with Crippen LogP contribution in [-0.2, 0) is 12.8 Å². The van der Waals surface area contributed by atoms with Crippen molar-refractivity contribution in [2.24, 2.45) is 5.73 Å². The Kier molecular flexibility index (Phi) is 5.90. The number of amides is 2. The van der Waals surface area contributed by atoms with Crippen LogP contribution in [0.4, 0.5) is 5.00 Å². The topological polar surface area (TPSA) is 114 Å². The summed E-state index contributed by atoms with van der Waals surface area (Å²) in [5.74, 6) is -1.32. The Morgan fingerprint density at radius 1 is 1.10 bits per heavy atom. The first-order valence-electron chi connectivity index (χ1n) is 10.1. The number of nitrogens with one attached hydrogen (secondary N) is 2. The van der Waals surface area contributed by atoms with Crippen molar-refractivity contribution in [1.82, 2.24) is 5.32 Å². The highest BCUT2D eigenvalue weighted by atomic mass is 32.1. The molecule has 8 heteroatoms. The summed E-state index contributed by atoms with van der Waals surface area (Å²) >= 11 is 1.42. The Bertz CT molecular complexity index is 1120. The minimum absolute atomic E-state index is 0.0871. The van der Waals surface area contributed by atoms with Crippen LogP contribution in [0.1, 0.15) is 60.1 Å². The molecule has 1 aliphatic carbocycles. The van der Waals surface area contributed by atoms with Gasteiger partial charge in [-0.1, -0.05) is 29.8 Å². The molecule has 1 aromatic carbocycles. The van der Waals surface area contributed by atoms with E-state index in [0.29, 0.717) is 16.1 Å². The van der Waals surface area contributed by atoms with Crippen LogP contribution in [0.2, 0.25) is 0 Å². The molecule has 4 N–H and O–H groups in total. The Morgan fingerprint density at radius 2 is 1.84 bits per heavy atom. The van der Waals surface area contributed by atoms with Crippen molar-refractivity contribution < 1.29 is 18.8 Å².